The zero-order valence-corrected chi connectivity index (χ0v) is 5.84. The minimum absolute atomic E-state index is 0.593. The third-order valence-electron chi connectivity index (χ3n) is 1.32. The Morgan fingerprint density at radius 2 is 2.10 bits per heavy atom. The molecule has 0 amide bonds. The highest BCUT2D eigenvalue weighted by Gasteiger charge is 2.05. The summed E-state index contributed by atoms with van der Waals surface area (Å²) in [5, 5.41) is 0. The fourth-order valence-corrected chi connectivity index (χ4v) is 0.955. The van der Waals surface area contributed by atoms with Crippen molar-refractivity contribution in [1.29, 1.82) is 0 Å². The lowest BCUT2D eigenvalue weighted by atomic mass is 10.5. The Bertz CT molecular complexity index is 295. The largest absolute Gasteiger partial charge is 0.441 e. The number of nitrogens with zero attached hydrogens (tertiary/aromatic N) is 1. The van der Waals surface area contributed by atoms with Crippen LogP contribution in [0.2, 0.25) is 0 Å². The van der Waals surface area contributed by atoms with Crippen LogP contribution < -0.4 is 0 Å². The van der Waals surface area contributed by atoms with Crippen molar-refractivity contribution in [2.24, 2.45) is 0 Å². The molecular formula is C7H7NO2. The van der Waals surface area contributed by atoms with Crippen LogP contribution in [0.25, 0.3) is 11.3 Å². The highest BCUT2D eigenvalue weighted by atomic mass is 16.4. The topological polar surface area (TPSA) is 39.2 Å². The first-order valence-electron chi connectivity index (χ1n) is 3.09. The van der Waals surface area contributed by atoms with E-state index in [1.807, 2.05) is 13.0 Å². The summed E-state index contributed by atoms with van der Waals surface area (Å²) >= 11 is 0. The minimum atomic E-state index is 0.593. The Balaban J connectivity index is 2.83. The lowest BCUT2D eigenvalue weighted by molar-refractivity contribution is 0.554. The molecule has 0 saturated heterocycles. The van der Waals surface area contributed by atoms with Crippen LogP contribution >= 0.6 is 0 Å². The van der Waals surface area contributed by atoms with E-state index in [-0.39, 0.29) is 0 Å². The summed E-state index contributed by atoms with van der Waals surface area (Å²) in [6, 6.07) is 1.83. The predicted molar refractivity (Wildman–Crippen MR) is 35.7 cm³/mol. The molecule has 0 saturated carbocycles. The first kappa shape index (κ1) is 5.53. The van der Waals surface area contributed by atoms with Gasteiger partial charge in [0.1, 0.15) is 5.76 Å². The van der Waals surface area contributed by atoms with E-state index in [1.54, 1.807) is 6.92 Å². The van der Waals surface area contributed by atoms with Gasteiger partial charge in [-0.3, -0.25) is 0 Å². The summed E-state index contributed by atoms with van der Waals surface area (Å²) in [6.45, 7) is 3.66. The zero-order valence-electron chi connectivity index (χ0n) is 5.84. The zero-order chi connectivity index (χ0) is 7.14. The molecule has 0 bridgehead atoms. The maximum absolute atomic E-state index is 5.18. The van der Waals surface area contributed by atoms with Gasteiger partial charge in [0.25, 0.3) is 5.71 Å². The van der Waals surface area contributed by atoms with Gasteiger partial charge in [0.15, 0.2) is 11.5 Å². The second-order valence-electron chi connectivity index (χ2n) is 2.26. The van der Waals surface area contributed by atoms with E-state index < -0.39 is 0 Å². The van der Waals surface area contributed by atoms with E-state index in [4.69, 9.17) is 8.83 Å². The molecule has 0 atom stereocenters. The smallest absolute Gasteiger partial charge is 0.266 e. The summed E-state index contributed by atoms with van der Waals surface area (Å²) in [7, 11) is 0. The van der Waals surface area contributed by atoms with E-state index in [9.17, 15) is 0 Å². The SMILES string of the molecule is Cc1cc2oc(C)nc2o1. The fourth-order valence-electron chi connectivity index (χ4n) is 0.955. The molecule has 3 heteroatoms. The molecule has 0 radical (unpaired) electrons. The van der Waals surface area contributed by atoms with Crippen molar-refractivity contribution in [3.05, 3.63) is 17.7 Å². The molecule has 0 unspecified atom stereocenters. The normalized spacial score (nSPS) is 11.0. The van der Waals surface area contributed by atoms with Crippen LogP contribution in [0.3, 0.4) is 0 Å². The van der Waals surface area contributed by atoms with E-state index >= 15 is 0 Å². The minimum Gasteiger partial charge on any atom is -0.441 e. The number of aryl methyl sites for hydroxylation is 2. The molecule has 2 rings (SSSR count). The van der Waals surface area contributed by atoms with Gasteiger partial charge in [0, 0.05) is 13.0 Å². The van der Waals surface area contributed by atoms with Gasteiger partial charge >= 0.3 is 0 Å². The van der Waals surface area contributed by atoms with Crippen molar-refractivity contribution >= 4 is 11.3 Å². The Morgan fingerprint density at radius 3 is 2.80 bits per heavy atom. The summed E-state index contributed by atoms with van der Waals surface area (Å²) in [5.41, 5.74) is 1.32. The second-order valence-corrected chi connectivity index (χ2v) is 2.26. The average Bonchev–Trinajstić information content (AvgIpc) is 2.21. The number of hydrogen-bond acceptors (Lipinski definition) is 3. The number of furan rings is 1. The van der Waals surface area contributed by atoms with Gasteiger partial charge < -0.3 is 8.83 Å². The van der Waals surface area contributed by atoms with Crippen LogP contribution in [0.4, 0.5) is 0 Å². The van der Waals surface area contributed by atoms with Crippen LogP contribution in [0.1, 0.15) is 11.7 Å². The molecule has 0 aromatic carbocycles. The maximum Gasteiger partial charge on any atom is 0.266 e. The number of oxazole rings is 1. The van der Waals surface area contributed by atoms with Crippen LogP contribution in [-0.4, -0.2) is 4.98 Å². The van der Waals surface area contributed by atoms with Gasteiger partial charge in [-0.25, -0.2) is 0 Å². The molecule has 2 heterocycles. The second kappa shape index (κ2) is 1.62. The van der Waals surface area contributed by atoms with Crippen LogP contribution in [-0.2, 0) is 0 Å². The molecular weight excluding hydrogens is 130 g/mol. The third-order valence-corrected chi connectivity index (χ3v) is 1.32. The van der Waals surface area contributed by atoms with Crippen LogP contribution in [0.5, 0.6) is 0 Å². The maximum atomic E-state index is 5.18. The lowest BCUT2D eigenvalue weighted by Gasteiger charge is -1.75. The molecule has 0 spiro atoms. The summed E-state index contributed by atoms with van der Waals surface area (Å²) in [4.78, 5) is 4.00. The fraction of sp³-hybridized carbons (Fsp3) is 0.286. The van der Waals surface area contributed by atoms with Crippen molar-refractivity contribution in [2.75, 3.05) is 0 Å². The van der Waals surface area contributed by atoms with Crippen molar-refractivity contribution in [2.45, 2.75) is 13.8 Å². The van der Waals surface area contributed by atoms with Crippen LogP contribution in [0.15, 0.2) is 14.9 Å². The van der Waals surface area contributed by atoms with E-state index in [0.717, 1.165) is 11.3 Å². The Labute approximate surface area is 57.7 Å². The van der Waals surface area contributed by atoms with Crippen molar-refractivity contribution in [3.8, 4) is 0 Å². The quantitative estimate of drug-likeness (QED) is 0.557. The van der Waals surface area contributed by atoms with Gasteiger partial charge in [0.05, 0.1) is 0 Å². The predicted octanol–water partition coefficient (Wildman–Crippen LogP) is 2.04. The molecule has 0 fully saturated rings. The van der Waals surface area contributed by atoms with Gasteiger partial charge in [0.2, 0.25) is 0 Å². The lowest BCUT2D eigenvalue weighted by Crippen LogP contribution is -1.65. The highest BCUT2D eigenvalue weighted by Crippen LogP contribution is 2.18. The number of rotatable bonds is 0. The van der Waals surface area contributed by atoms with E-state index in [2.05, 4.69) is 4.98 Å². The monoisotopic (exact) mass is 137 g/mol. The summed E-state index contributed by atoms with van der Waals surface area (Å²) < 4.78 is 10.4. The molecule has 0 aliphatic carbocycles. The third kappa shape index (κ3) is 0.635. The first-order chi connectivity index (χ1) is 4.75. The van der Waals surface area contributed by atoms with Gasteiger partial charge in [-0.15, -0.1) is 0 Å². The molecule has 0 aliphatic heterocycles. The molecule has 0 N–H and O–H groups in total. The molecule has 2 aromatic rings. The summed E-state index contributed by atoms with van der Waals surface area (Å²) in [5.74, 6) is 1.48. The van der Waals surface area contributed by atoms with Gasteiger partial charge in [-0.2, -0.15) is 4.98 Å². The average molecular weight is 137 g/mol. The van der Waals surface area contributed by atoms with Crippen LogP contribution in [0, 0.1) is 13.8 Å². The molecule has 2 aromatic heterocycles. The van der Waals surface area contributed by atoms with Gasteiger partial charge in [-0.1, -0.05) is 0 Å². The molecule has 52 valence electrons. The number of hydrogen-bond donors (Lipinski definition) is 0. The van der Waals surface area contributed by atoms with Crippen molar-refractivity contribution in [3.63, 3.8) is 0 Å². The Hall–Kier alpha value is -1.25. The Morgan fingerprint density at radius 1 is 1.30 bits per heavy atom. The molecule has 3 nitrogen and oxygen atoms in total. The first-order valence-corrected chi connectivity index (χ1v) is 3.09. The van der Waals surface area contributed by atoms with E-state index in [0.29, 0.717) is 11.6 Å². The number of aromatic nitrogens is 1. The highest BCUT2D eigenvalue weighted by molar-refractivity contribution is 5.66. The van der Waals surface area contributed by atoms with E-state index in [1.165, 1.54) is 0 Å². The molecule has 10 heavy (non-hydrogen) atoms. The number of fused-ring (bicyclic) bond motifs is 1. The van der Waals surface area contributed by atoms with Gasteiger partial charge in [-0.05, 0) is 6.92 Å². The van der Waals surface area contributed by atoms with Crippen molar-refractivity contribution < 1.29 is 8.83 Å². The summed E-state index contributed by atoms with van der Waals surface area (Å²) in [6.07, 6.45) is 0. The standard InChI is InChI=1S/C7H7NO2/c1-4-3-6-7(9-4)8-5(2)10-6/h3H,1-2H3. The Kier molecular flexibility index (Phi) is 0.897. The van der Waals surface area contributed by atoms with Crippen molar-refractivity contribution in [1.82, 2.24) is 4.98 Å². The molecule has 0 aliphatic rings.